The van der Waals surface area contributed by atoms with Gasteiger partial charge in [-0.05, 0) is 18.2 Å². The van der Waals surface area contributed by atoms with Crippen molar-refractivity contribution >= 4 is 27.7 Å². The van der Waals surface area contributed by atoms with Gasteiger partial charge >= 0.3 is 0 Å². The molecule has 0 bridgehead atoms. The number of rotatable bonds is 6. The fraction of sp³-hybridized carbons (Fsp3) is 0.350. The Morgan fingerprint density at radius 2 is 1.81 bits per heavy atom. The third-order valence-corrected chi connectivity index (χ3v) is 7.26. The number of ether oxygens (including phenoxy) is 1. The van der Waals surface area contributed by atoms with Crippen LogP contribution in [0.4, 0.5) is 17.6 Å². The van der Waals surface area contributed by atoms with E-state index in [4.69, 9.17) is 11.8 Å². The molecule has 0 aromatic heterocycles. The minimum absolute atomic E-state index is 0.309. The highest BCUT2D eigenvalue weighted by Crippen LogP contribution is 2.35. The van der Waals surface area contributed by atoms with Crippen molar-refractivity contribution < 1.29 is 35.5 Å². The largest absolute Gasteiger partial charge is 0.494 e. The van der Waals surface area contributed by atoms with Crippen LogP contribution in [0, 0.1) is 11.6 Å². The molecule has 12 heteroatoms. The SMILES string of the molecule is COc1ccc(CN([C@@H]2CC(F)(F)CCN(Cl)C2=O)S(=O)(=O)c2ccccc2)c(F)c1F. The van der Waals surface area contributed by atoms with Gasteiger partial charge < -0.3 is 4.74 Å². The molecule has 32 heavy (non-hydrogen) atoms. The van der Waals surface area contributed by atoms with E-state index in [9.17, 15) is 30.8 Å². The van der Waals surface area contributed by atoms with Crippen LogP contribution < -0.4 is 4.74 Å². The molecule has 0 N–H and O–H groups in total. The van der Waals surface area contributed by atoms with E-state index in [-0.39, 0.29) is 4.90 Å². The van der Waals surface area contributed by atoms with Gasteiger partial charge in [0.1, 0.15) is 6.04 Å². The second kappa shape index (κ2) is 9.24. The average Bonchev–Trinajstić information content (AvgIpc) is 2.86. The van der Waals surface area contributed by atoms with Crippen LogP contribution in [0.3, 0.4) is 0 Å². The zero-order valence-corrected chi connectivity index (χ0v) is 18.3. The molecule has 3 rings (SSSR count). The van der Waals surface area contributed by atoms with Crippen molar-refractivity contribution in [3.8, 4) is 5.75 Å². The van der Waals surface area contributed by atoms with Crippen molar-refractivity contribution in [2.24, 2.45) is 0 Å². The molecule has 0 spiro atoms. The first-order chi connectivity index (χ1) is 15.0. The Labute approximate surface area is 187 Å². The summed E-state index contributed by atoms with van der Waals surface area (Å²) in [5.74, 6) is -7.73. The number of hydrogen-bond acceptors (Lipinski definition) is 4. The molecule has 1 heterocycles. The van der Waals surface area contributed by atoms with E-state index in [1.807, 2.05) is 0 Å². The zero-order chi connectivity index (χ0) is 23.7. The summed E-state index contributed by atoms with van der Waals surface area (Å²) < 4.78 is 89.9. The molecule has 1 aliphatic heterocycles. The van der Waals surface area contributed by atoms with Crippen LogP contribution in [-0.2, 0) is 21.4 Å². The summed E-state index contributed by atoms with van der Waals surface area (Å²) in [7, 11) is -3.48. The number of halogens is 5. The fourth-order valence-corrected chi connectivity index (χ4v) is 5.12. The molecular weight excluding hydrogens is 476 g/mol. The zero-order valence-electron chi connectivity index (χ0n) is 16.8. The summed E-state index contributed by atoms with van der Waals surface area (Å²) in [6.07, 6.45) is -1.94. The van der Waals surface area contributed by atoms with Gasteiger partial charge in [0.25, 0.3) is 11.8 Å². The molecule has 1 saturated heterocycles. The van der Waals surface area contributed by atoms with Crippen molar-refractivity contribution in [3.05, 3.63) is 59.7 Å². The van der Waals surface area contributed by atoms with Gasteiger partial charge in [-0.25, -0.2) is 21.6 Å². The van der Waals surface area contributed by atoms with E-state index in [0.717, 1.165) is 19.2 Å². The van der Waals surface area contributed by atoms with Crippen LogP contribution in [0.15, 0.2) is 47.4 Å². The van der Waals surface area contributed by atoms with Crippen LogP contribution in [0.25, 0.3) is 0 Å². The monoisotopic (exact) mass is 494 g/mol. The third-order valence-electron chi connectivity index (χ3n) is 5.06. The molecule has 0 saturated carbocycles. The van der Waals surface area contributed by atoms with E-state index < -0.39 is 76.8 Å². The molecular formula is C20H19ClF4N2O4S. The van der Waals surface area contributed by atoms with Crippen LogP contribution >= 0.6 is 11.8 Å². The van der Waals surface area contributed by atoms with E-state index in [1.54, 1.807) is 0 Å². The van der Waals surface area contributed by atoms with E-state index in [0.29, 0.717) is 8.72 Å². The quantitative estimate of drug-likeness (QED) is 0.450. The van der Waals surface area contributed by atoms with E-state index >= 15 is 0 Å². The molecule has 2 aromatic rings. The van der Waals surface area contributed by atoms with Crippen LogP contribution in [0.2, 0.25) is 0 Å². The van der Waals surface area contributed by atoms with Crippen molar-refractivity contribution in [1.29, 1.82) is 0 Å². The third kappa shape index (κ3) is 4.84. The number of hydrogen-bond donors (Lipinski definition) is 0. The molecule has 0 radical (unpaired) electrons. The smallest absolute Gasteiger partial charge is 0.255 e. The van der Waals surface area contributed by atoms with E-state index in [2.05, 4.69) is 4.74 Å². The number of amides is 1. The van der Waals surface area contributed by atoms with Crippen molar-refractivity contribution in [2.45, 2.75) is 36.2 Å². The van der Waals surface area contributed by atoms with Crippen molar-refractivity contribution in [2.75, 3.05) is 13.7 Å². The summed E-state index contributed by atoms with van der Waals surface area (Å²) >= 11 is 5.81. The minimum atomic E-state index is -4.59. The van der Waals surface area contributed by atoms with Crippen LogP contribution in [0.1, 0.15) is 18.4 Å². The summed E-state index contributed by atoms with van der Waals surface area (Å²) in [5.41, 5.74) is -0.468. The fourth-order valence-electron chi connectivity index (χ4n) is 3.34. The molecule has 1 atom stereocenters. The predicted molar refractivity (Wildman–Crippen MR) is 108 cm³/mol. The maximum atomic E-state index is 14.6. The molecule has 0 unspecified atom stereocenters. The number of sulfonamides is 1. The standard InChI is InChI=1S/C20H19ClF4N2O4S/c1-31-16-8-7-13(17(22)18(16)23)12-27(32(29,30)14-5-3-2-4-6-14)15-11-20(24,25)9-10-26(21)19(15)28/h2-8,15H,9-12H2,1H3/t15-/m1/s1. The highest BCUT2D eigenvalue weighted by atomic mass is 35.5. The molecule has 6 nitrogen and oxygen atoms in total. The maximum absolute atomic E-state index is 14.6. The van der Waals surface area contributed by atoms with Gasteiger partial charge in [-0.3, -0.25) is 9.21 Å². The lowest BCUT2D eigenvalue weighted by atomic mass is 10.1. The predicted octanol–water partition coefficient (Wildman–Crippen LogP) is 3.94. The number of methoxy groups -OCH3 is 1. The number of nitrogens with zero attached hydrogens (tertiary/aromatic N) is 2. The average molecular weight is 495 g/mol. The van der Waals surface area contributed by atoms with Gasteiger partial charge in [0.15, 0.2) is 11.6 Å². The minimum Gasteiger partial charge on any atom is -0.494 e. The molecule has 1 amide bonds. The Balaban J connectivity index is 2.14. The molecule has 1 aliphatic rings. The first-order valence-electron chi connectivity index (χ1n) is 9.40. The molecule has 2 aromatic carbocycles. The highest BCUT2D eigenvalue weighted by Gasteiger charge is 2.47. The number of alkyl halides is 2. The Morgan fingerprint density at radius 1 is 1.16 bits per heavy atom. The number of benzene rings is 2. The lowest BCUT2D eigenvalue weighted by Crippen LogP contribution is -2.48. The number of carbonyl (C=O) groups excluding carboxylic acids is 1. The molecule has 174 valence electrons. The lowest BCUT2D eigenvalue weighted by Gasteiger charge is -2.31. The maximum Gasteiger partial charge on any atom is 0.255 e. The van der Waals surface area contributed by atoms with Gasteiger partial charge in [0.05, 0.1) is 12.0 Å². The van der Waals surface area contributed by atoms with Gasteiger partial charge in [0, 0.05) is 43.3 Å². The Hall–Kier alpha value is -2.37. The van der Waals surface area contributed by atoms with E-state index in [1.165, 1.54) is 30.3 Å². The van der Waals surface area contributed by atoms with Gasteiger partial charge in [-0.2, -0.15) is 8.70 Å². The van der Waals surface area contributed by atoms with Crippen LogP contribution in [-0.4, -0.2) is 48.7 Å². The Bertz CT molecular complexity index is 1100. The Kier molecular flexibility index (Phi) is 7.01. The first-order valence-corrected chi connectivity index (χ1v) is 11.2. The topological polar surface area (TPSA) is 66.9 Å². The Morgan fingerprint density at radius 3 is 2.44 bits per heavy atom. The van der Waals surface area contributed by atoms with Crippen molar-refractivity contribution in [1.82, 2.24) is 8.72 Å². The molecule has 1 fully saturated rings. The second-order valence-electron chi connectivity index (χ2n) is 7.17. The highest BCUT2D eigenvalue weighted by molar-refractivity contribution is 7.89. The molecule has 0 aliphatic carbocycles. The van der Waals surface area contributed by atoms with Gasteiger partial charge in [0.2, 0.25) is 15.8 Å². The van der Waals surface area contributed by atoms with Crippen LogP contribution in [0.5, 0.6) is 5.75 Å². The second-order valence-corrected chi connectivity index (χ2v) is 9.47. The summed E-state index contributed by atoms with van der Waals surface area (Å²) in [6, 6.07) is 6.91. The lowest BCUT2D eigenvalue weighted by molar-refractivity contribution is -0.131. The van der Waals surface area contributed by atoms with Crippen molar-refractivity contribution in [3.63, 3.8) is 0 Å². The summed E-state index contributed by atoms with van der Waals surface area (Å²) in [4.78, 5) is 12.5. The normalized spacial score (nSPS) is 19.2. The summed E-state index contributed by atoms with van der Waals surface area (Å²) in [6.45, 7) is -1.39. The summed E-state index contributed by atoms with van der Waals surface area (Å²) in [5, 5.41) is 0. The number of carbonyl (C=O) groups is 1. The van der Waals surface area contributed by atoms with Gasteiger partial charge in [-0.1, -0.05) is 24.3 Å². The first kappa shape index (κ1) is 24.3. The van der Waals surface area contributed by atoms with Gasteiger partial charge in [-0.15, -0.1) is 0 Å².